The molecule has 0 unspecified atom stereocenters. The van der Waals surface area contributed by atoms with Gasteiger partial charge >= 0.3 is 7.48 Å². The lowest BCUT2D eigenvalue weighted by atomic mass is 9.88. The van der Waals surface area contributed by atoms with Crippen LogP contribution in [0.15, 0.2) is 24.3 Å². The van der Waals surface area contributed by atoms with Gasteiger partial charge in [-0.2, -0.15) is 0 Å². The van der Waals surface area contributed by atoms with Crippen LogP contribution >= 0.6 is 0 Å². The van der Waals surface area contributed by atoms with Crippen molar-refractivity contribution in [3.8, 4) is 0 Å². The van der Waals surface area contributed by atoms with Gasteiger partial charge in [0.05, 0.1) is 0 Å². The van der Waals surface area contributed by atoms with E-state index in [2.05, 4.69) is 0 Å². The molecule has 0 saturated heterocycles. The highest BCUT2D eigenvalue weighted by atomic mass is 16.2. The Labute approximate surface area is 67.3 Å². The molecular formula is C8H12BNO. The standard InChI is InChI=1S/C8H12BNO/c10-6-5-7-1-3-8(9-11)4-2-7/h1-4,9,11H,5-6,10H2. The largest absolute Gasteiger partial charge is 0.449 e. The van der Waals surface area contributed by atoms with Gasteiger partial charge in [-0.15, -0.1) is 0 Å². The number of hydrogen-bond donors (Lipinski definition) is 2. The fourth-order valence-electron chi connectivity index (χ4n) is 0.978. The Morgan fingerprint density at radius 1 is 1.27 bits per heavy atom. The highest BCUT2D eigenvalue weighted by molar-refractivity contribution is 6.45. The van der Waals surface area contributed by atoms with E-state index in [0.29, 0.717) is 6.54 Å². The van der Waals surface area contributed by atoms with E-state index >= 15 is 0 Å². The molecule has 3 N–H and O–H groups in total. The van der Waals surface area contributed by atoms with Crippen LogP contribution in [0.4, 0.5) is 0 Å². The van der Waals surface area contributed by atoms with Crippen LogP contribution in [-0.4, -0.2) is 19.1 Å². The Kier molecular flexibility index (Phi) is 3.14. The Balaban J connectivity index is 2.66. The van der Waals surface area contributed by atoms with Crippen molar-refractivity contribution in [1.82, 2.24) is 0 Å². The smallest absolute Gasteiger partial charge is 0.304 e. The van der Waals surface area contributed by atoms with Gasteiger partial charge in [0, 0.05) is 0 Å². The van der Waals surface area contributed by atoms with Crippen LogP contribution < -0.4 is 11.2 Å². The van der Waals surface area contributed by atoms with E-state index in [9.17, 15) is 0 Å². The minimum absolute atomic E-state index is 0.114. The van der Waals surface area contributed by atoms with Gasteiger partial charge in [-0.1, -0.05) is 29.7 Å². The summed E-state index contributed by atoms with van der Waals surface area (Å²) in [5, 5.41) is 8.73. The zero-order chi connectivity index (χ0) is 8.10. The Hall–Kier alpha value is -0.795. The molecule has 3 heteroatoms. The van der Waals surface area contributed by atoms with E-state index in [0.717, 1.165) is 11.9 Å². The van der Waals surface area contributed by atoms with Gasteiger partial charge in [0.1, 0.15) is 0 Å². The van der Waals surface area contributed by atoms with Crippen molar-refractivity contribution in [2.45, 2.75) is 6.42 Å². The van der Waals surface area contributed by atoms with Gasteiger partial charge in [0.25, 0.3) is 0 Å². The molecule has 58 valence electrons. The van der Waals surface area contributed by atoms with Crippen LogP contribution in [0.2, 0.25) is 0 Å². The van der Waals surface area contributed by atoms with E-state index in [4.69, 9.17) is 10.8 Å². The maximum Gasteiger partial charge on any atom is 0.304 e. The van der Waals surface area contributed by atoms with E-state index in [1.54, 1.807) is 0 Å². The molecular weight excluding hydrogens is 137 g/mol. The van der Waals surface area contributed by atoms with Crippen LogP contribution in [0.5, 0.6) is 0 Å². The summed E-state index contributed by atoms with van der Waals surface area (Å²) >= 11 is 0. The lowest BCUT2D eigenvalue weighted by Gasteiger charge is -1.98. The van der Waals surface area contributed by atoms with Gasteiger partial charge in [-0.25, -0.2) is 0 Å². The van der Waals surface area contributed by atoms with Crippen molar-refractivity contribution < 1.29 is 5.02 Å². The van der Waals surface area contributed by atoms with E-state index in [1.165, 1.54) is 5.56 Å². The van der Waals surface area contributed by atoms with Gasteiger partial charge in [-0.05, 0) is 18.5 Å². The Morgan fingerprint density at radius 2 is 1.91 bits per heavy atom. The molecule has 0 spiro atoms. The summed E-state index contributed by atoms with van der Waals surface area (Å²) in [5.41, 5.74) is 7.56. The third-order valence-corrected chi connectivity index (χ3v) is 1.64. The highest BCUT2D eigenvalue weighted by Gasteiger charge is 1.92. The van der Waals surface area contributed by atoms with Crippen LogP contribution in [-0.2, 0) is 6.42 Å². The van der Waals surface area contributed by atoms with Crippen LogP contribution in [0.3, 0.4) is 0 Å². The fraction of sp³-hybridized carbons (Fsp3) is 0.250. The second-order valence-corrected chi connectivity index (χ2v) is 2.51. The van der Waals surface area contributed by atoms with Crippen LogP contribution in [0.1, 0.15) is 5.56 Å². The first-order valence-electron chi connectivity index (χ1n) is 3.75. The van der Waals surface area contributed by atoms with Crippen molar-refractivity contribution in [1.29, 1.82) is 0 Å². The Morgan fingerprint density at radius 3 is 2.36 bits per heavy atom. The van der Waals surface area contributed by atoms with Gasteiger partial charge < -0.3 is 10.8 Å². The second-order valence-electron chi connectivity index (χ2n) is 2.51. The summed E-state index contributed by atoms with van der Waals surface area (Å²) < 4.78 is 0. The summed E-state index contributed by atoms with van der Waals surface area (Å²) in [6, 6.07) is 7.84. The zero-order valence-corrected chi connectivity index (χ0v) is 6.46. The number of benzene rings is 1. The average molecular weight is 149 g/mol. The number of hydrogen-bond acceptors (Lipinski definition) is 2. The van der Waals surface area contributed by atoms with Crippen molar-refractivity contribution in [2.75, 3.05) is 6.54 Å². The molecule has 0 amide bonds. The number of rotatable bonds is 3. The molecule has 1 rings (SSSR count). The summed E-state index contributed by atoms with van der Waals surface area (Å²) in [7, 11) is 0.114. The first kappa shape index (κ1) is 8.30. The highest BCUT2D eigenvalue weighted by Crippen LogP contribution is 1.95. The molecule has 0 atom stereocenters. The molecule has 0 aliphatic carbocycles. The van der Waals surface area contributed by atoms with Crippen LogP contribution in [0, 0.1) is 0 Å². The fourth-order valence-corrected chi connectivity index (χ4v) is 0.978. The molecule has 0 aliphatic rings. The van der Waals surface area contributed by atoms with Crippen molar-refractivity contribution in [3.05, 3.63) is 29.8 Å². The molecule has 0 aliphatic heterocycles. The first-order valence-corrected chi connectivity index (χ1v) is 3.75. The Bertz CT molecular complexity index is 210. The van der Waals surface area contributed by atoms with E-state index in [1.807, 2.05) is 24.3 Å². The molecule has 1 aromatic rings. The molecule has 0 heterocycles. The van der Waals surface area contributed by atoms with E-state index in [-0.39, 0.29) is 7.48 Å². The maximum atomic E-state index is 8.73. The van der Waals surface area contributed by atoms with E-state index < -0.39 is 0 Å². The molecule has 0 bridgehead atoms. The predicted molar refractivity (Wildman–Crippen MR) is 48.2 cm³/mol. The minimum atomic E-state index is 0.114. The van der Waals surface area contributed by atoms with Gasteiger partial charge in [-0.3, -0.25) is 0 Å². The summed E-state index contributed by atoms with van der Waals surface area (Å²) in [5.74, 6) is 0. The van der Waals surface area contributed by atoms with Crippen molar-refractivity contribution in [3.63, 3.8) is 0 Å². The summed E-state index contributed by atoms with van der Waals surface area (Å²) in [4.78, 5) is 0. The predicted octanol–water partition coefficient (Wildman–Crippen LogP) is -0.843. The molecule has 0 radical (unpaired) electrons. The lowest BCUT2D eigenvalue weighted by Crippen LogP contribution is -2.13. The first-order chi connectivity index (χ1) is 5.36. The van der Waals surface area contributed by atoms with Gasteiger partial charge in [0.2, 0.25) is 0 Å². The molecule has 1 aromatic carbocycles. The van der Waals surface area contributed by atoms with Crippen molar-refractivity contribution in [2.24, 2.45) is 5.73 Å². The average Bonchev–Trinajstić information content (AvgIpc) is 2.07. The second kappa shape index (κ2) is 4.16. The summed E-state index contributed by atoms with van der Waals surface area (Å²) in [6.45, 7) is 0.679. The van der Waals surface area contributed by atoms with Gasteiger partial charge in [0.15, 0.2) is 0 Å². The molecule has 2 nitrogen and oxygen atoms in total. The zero-order valence-electron chi connectivity index (χ0n) is 6.46. The summed E-state index contributed by atoms with van der Waals surface area (Å²) in [6.07, 6.45) is 0.908. The monoisotopic (exact) mass is 149 g/mol. The lowest BCUT2D eigenvalue weighted by molar-refractivity contribution is 0.615. The molecule has 11 heavy (non-hydrogen) atoms. The molecule has 0 saturated carbocycles. The van der Waals surface area contributed by atoms with Crippen LogP contribution in [0.25, 0.3) is 0 Å². The third-order valence-electron chi connectivity index (χ3n) is 1.64. The molecule has 0 aromatic heterocycles. The topological polar surface area (TPSA) is 46.2 Å². The molecule has 0 fully saturated rings. The normalized spacial score (nSPS) is 9.64. The SMILES string of the molecule is NCCc1ccc(BO)cc1. The maximum absolute atomic E-state index is 8.73. The third kappa shape index (κ3) is 2.37. The van der Waals surface area contributed by atoms with Crippen molar-refractivity contribution >= 4 is 12.9 Å². The minimum Gasteiger partial charge on any atom is -0.449 e. The number of nitrogens with two attached hydrogens (primary N) is 1. The quantitative estimate of drug-likeness (QED) is 0.550.